The number of carboxylic acids is 1. The number of hydrogen-bond acceptors (Lipinski definition) is 7. The molecule has 0 unspecified atom stereocenters. The number of aliphatic carboxylic acids is 1. The summed E-state index contributed by atoms with van der Waals surface area (Å²) >= 11 is 0. The molecule has 2 atom stereocenters. The molecule has 1 amide bonds. The van der Waals surface area contributed by atoms with Crippen LogP contribution in [0.25, 0.3) is 0 Å². The second-order valence-electron chi connectivity index (χ2n) is 11.5. The molecule has 1 aliphatic rings. The van der Waals surface area contributed by atoms with Gasteiger partial charge in [-0.2, -0.15) is 39.5 Å². The van der Waals surface area contributed by atoms with E-state index in [1.807, 2.05) is 0 Å². The van der Waals surface area contributed by atoms with E-state index in [4.69, 9.17) is 9.84 Å². The molecule has 1 N–H and O–H groups in total. The fourth-order valence-electron chi connectivity index (χ4n) is 5.67. The summed E-state index contributed by atoms with van der Waals surface area (Å²) in [6.45, 7) is 2.47. The molecule has 0 saturated heterocycles. The van der Waals surface area contributed by atoms with E-state index in [1.165, 1.54) is 41.1 Å². The Kier molecular flexibility index (Phi) is 11.1. The van der Waals surface area contributed by atoms with Crippen LogP contribution in [0.4, 0.5) is 61.6 Å². The van der Waals surface area contributed by atoms with E-state index >= 15 is 0 Å². The highest BCUT2D eigenvalue weighted by molar-refractivity contribution is 5.90. The largest absolute Gasteiger partial charge is 0.481 e. The van der Waals surface area contributed by atoms with Crippen LogP contribution in [0.15, 0.2) is 48.8 Å². The van der Waals surface area contributed by atoms with Crippen LogP contribution in [0.2, 0.25) is 0 Å². The van der Waals surface area contributed by atoms with Crippen LogP contribution in [-0.2, 0) is 34.6 Å². The Labute approximate surface area is 280 Å². The predicted molar refractivity (Wildman–Crippen MR) is 163 cm³/mol. The van der Waals surface area contributed by atoms with Crippen LogP contribution in [0.5, 0.6) is 0 Å². The van der Waals surface area contributed by atoms with Gasteiger partial charge in [-0.05, 0) is 67.3 Å². The van der Waals surface area contributed by atoms with Crippen molar-refractivity contribution in [3.05, 3.63) is 76.6 Å². The van der Waals surface area contributed by atoms with E-state index in [9.17, 15) is 49.1 Å². The Hall–Kier alpha value is -4.77. The SMILES string of the molecule is CCOC(=O)N1c2ccc(C(F)(F)F)cc2[C@@H](N(Cc2cc(C(F)(F)F)cc(C(F)(F)F)c2)c2ncc(N(C)CCC(=O)O)cn2)C[C@H]1CC. The van der Waals surface area contributed by atoms with Crippen molar-refractivity contribution in [1.82, 2.24) is 9.97 Å². The third kappa shape index (κ3) is 8.68. The average molecular weight is 722 g/mol. The molecule has 0 aliphatic carbocycles. The number of halogens is 9. The molecule has 272 valence electrons. The average Bonchev–Trinajstić information content (AvgIpc) is 3.04. The first-order valence-electron chi connectivity index (χ1n) is 15.2. The second-order valence-corrected chi connectivity index (χ2v) is 11.5. The minimum absolute atomic E-state index is 0.00500. The molecule has 3 aromatic rings. The standard InChI is InChI=1S/C32H32F9N5O4/c1-4-22-14-26(24-13-19(30(33,34)35)6-7-25(24)46(22)29(49)50-5-2)45(28-42-15-23(16-43-28)44(3)9-8-27(47)48)17-18-10-20(31(36,37)38)12-21(11-18)32(39,40)41/h6-7,10-13,15-16,22,26H,4-5,8-9,14,17H2,1-3H3,(H,47,48)/t22-,26+/m1/s1. The molecule has 1 aromatic heterocycles. The Morgan fingerprint density at radius 3 is 1.98 bits per heavy atom. The summed E-state index contributed by atoms with van der Waals surface area (Å²) in [6.07, 6.45) is -13.7. The van der Waals surface area contributed by atoms with Crippen molar-refractivity contribution in [3.8, 4) is 0 Å². The molecule has 2 heterocycles. The smallest absolute Gasteiger partial charge is 0.416 e. The molecule has 50 heavy (non-hydrogen) atoms. The molecule has 0 fully saturated rings. The van der Waals surface area contributed by atoms with Gasteiger partial charge in [-0.3, -0.25) is 9.69 Å². The first kappa shape index (κ1) is 38.0. The maximum absolute atomic E-state index is 14.0. The van der Waals surface area contributed by atoms with E-state index in [1.54, 1.807) is 6.92 Å². The van der Waals surface area contributed by atoms with Crippen LogP contribution in [0.1, 0.15) is 67.0 Å². The maximum Gasteiger partial charge on any atom is 0.416 e. The van der Waals surface area contributed by atoms with E-state index in [2.05, 4.69) is 9.97 Å². The Bertz CT molecular complexity index is 1650. The van der Waals surface area contributed by atoms with E-state index in [0.29, 0.717) is 17.8 Å². The monoisotopic (exact) mass is 721 g/mol. The minimum Gasteiger partial charge on any atom is -0.481 e. The topological polar surface area (TPSA) is 99.1 Å². The van der Waals surface area contributed by atoms with Crippen molar-refractivity contribution in [2.75, 3.05) is 34.9 Å². The van der Waals surface area contributed by atoms with Gasteiger partial charge < -0.3 is 19.6 Å². The van der Waals surface area contributed by atoms with Crippen LogP contribution >= 0.6 is 0 Å². The Morgan fingerprint density at radius 1 is 0.900 bits per heavy atom. The lowest BCUT2D eigenvalue weighted by molar-refractivity contribution is -0.143. The molecule has 0 radical (unpaired) electrons. The molecule has 4 rings (SSSR count). The summed E-state index contributed by atoms with van der Waals surface area (Å²) in [5.41, 5.74) is -4.62. The first-order chi connectivity index (χ1) is 23.2. The molecule has 0 spiro atoms. The molecular formula is C32H32F9N5O4. The number of carbonyl (C=O) groups excluding carboxylic acids is 1. The lowest BCUT2D eigenvalue weighted by Gasteiger charge is -2.44. The fraction of sp³-hybridized carbons (Fsp3) is 0.438. The number of carbonyl (C=O) groups is 2. The zero-order valence-corrected chi connectivity index (χ0v) is 26.8. The van der Waals surface area contributed by atoms with Crippen LogP contribution in [-0.4, -0.2) is 53.4 Å². The Balaban J connectivity index is 1.94. The van der Waals surface area contributed by atoms with E-state index in [-0.39, 0.29) is 55.7 Å². The minimum atomic E-state index is -5.17. The Morgan fingerprint density at radius 2 is 1.48 bits per heavy atom. The van der Waals surface area contributed by atoms with Crippen molar-refractivity contribution in [2.45, 2.75) is 70.3 Å². The molecule has 0 saturated carbocycles. The van der Waals surface area contributed by atoms with Gasteiger partial charge >= 0.3 is 30.6 Å². The van der Waals surface area contributed by atoms with E-state index in [0.717, 1.165) is 18.2 Å². The summed E-state index contributed by atoms with van der Waals surface area (Å²) in [5.74, 6) is -1.35. The molecule has 1 aliphatic heterocycles. The fourth-order valence-corrected chi connectivity index (χ4v) is 5.67. The number of rotatable bonds is 10. The van der Waals surface area contributed by atoms with Crippen molar-refractivity contribution in [1.29, 1.82) is 0 Å². The highest BCUT2D eigenvalue weighted by Crippen LogP contribution is 2.46. The number of aromatic nitrogens is 2. The number of hydrogen-bond donors (Lipinski definition) is 1. The lowest BCUT2D eigenvalue weighted by Crippen LogP contribution is -2.48. The quantitative estimate of drug-likeness (QED) is 0.209. The van der Waals surface area contributed by atoms with Gasteiger partial charge in [-0.25, -0.2) is 14.8 Å². The zero-order valence-electron chi connectivity index (χ0n) is 26.8. The third-order valence-electron chi connectivity index (χ3n) is 8.13. The van der Waals surface area contributed by atoms with Gasteiger partial charge in [0.25, 0.3) is 0 Å². The highest BCUT2D eigenvalue weighted by atomic mass is 19.4. The summed E-state index contributed by atoms with van der Waals surface area (Å²) < 4.78 is 130. The summed E-state index contributed by atoms with van der Waals surface area (Å²) in [6, 6.07) is 1.62. The first-order valence-corrected chi connectivity index (χ1v) is 15.2. The molecule has 9 nitrogen and oxygen atoms in total. The predicted octanol–water partition coefficient (Wildman–Crippen LogP) is 8.34. The number of nitrogens with zero attached hydrogens (tertiary/aromatic N) is 5. The van der Waals surface area contributed by atoms with Gasteiger partial charge in [0.2, 0.25) is 5.95 Å². The highest BCUT2D eigenvalue weighted by Gasteiger charge is 2.42. The summed E-state index contributed by atoms with van der Waals surface area (Å²) in [7, 11) is 1.53. The van der Waals surface area contributed by atoms with Crippen molar-refractivity contribution in [3.63, 3.8) is 0 Å². The van der Waals surface area contributed by atoms with Gasteiger partial charge in [0, 0.05) is 26.2 Å². The number of carboxylic acid groups (broad SMARTS) is 1. The summed E-state index contributed by atoms with van der Waals surface area (Å²) in [4.78, 5) is 36.5. The molecule has 2 aromatic carbocycles. The van der Waals surface area contributed by atoms with Gasteiger partial charge in [0.1, 0.15) is 0 Å². The number of ether oxygens (including phenoxy) is 1. The molecule has 0 bridgehead atoms. The van der Waals surface area contributed by atoms with Crippen molar-refractivity contribution >= 4 is 29.4 Å². The molecule has 18 heteroatoms. The number of fused-ring (bicyclic) bond motifs is 1. The van der Waals surface area contributed by atoms with Gasteiger partial charge in [0.05, 0.1) is 59.5 Å². The van der Waals surface area contributed by atoms with Crippen LogP contribution in [0.3, 0.4) is 0 Å². The van der Waals surface area contributed by atoms with Crippen LogP contribution < -0.4 is 14.7 Å². The third-order valence-corrected chi connectivity index (χ3v) is 8.13. The van der Waals surface area contributed by atoms with Crippen molar-refractivity contribution in [2.24, 2.45) is 0 Å². The summed E-state index contributed by atoms with van der Waals surface area (Å²) in [5, 5.41) is 9.02. The maximum atomic E-state index is 14.0. The molecular weight excluding hydrogens is 689 g/mol. The number of benzene rings is 2. The number of anilines is 3. The number of amides is 1. The zero-order chi connectivity index (χ0) is 37.2. The normalized spacial score (nSPS) is 16.5. The van der Waals surface area contributed by atoms with Gasteiger partial charge in [-0.1, -0.05) is 6.92 Å². The van der Waals surface area contributed by atoms with Gasteiger partial charge in [-0.15, -0.1) is 0 Å². The van der Waals surface area contributed by atoms with Crippen LogP contribution in [0, 0.1) is 0 Å². The van der Waals surface area contributed by atoms with Gasteiger partial charge in [0.15, 0.2) is 0 Å². The second kappa shape index (κ2) is 14.6. The number of alkyl halides is 9. The lowest BCUT2D eigenvalue weighted by atomic mass is 9.87. The van der Waals surface area contributed by atoms with E-state index < -0.39 is 71.5 Å². The van der Waals surface area contributed by atoms with Crippen molar-refractivity contribution < 1.29 is 58.9 Å².